The van der Waals surface area contributed by atoms with Gasteiger partial charge in [0.15, 0.2) is 0 Å². The molecular formula is C19H15ClN6. The highest BCUT2D eigenvalue weighted by molar-refractivity contribution is 6.30. The quantitative estimate of drug-likeness (QED) is 0.769. The van der Waals surface area contributed by atoms with Gasteiger partial charge in [0.2, 0.25) is 0 Å². The largest absolute Gasteiger partial charge is 0.289 e. The topological polar surface area (TPSA) is 58.3 Å². The van der Waals surface area contributed by atoms with Gasteiger partial charge in [0.1, 0.15) is 16.4 Å². The number of fused-ring (bicyclic) bond motifs is 4. The summed E-state index contributed by atoms with van der Waals surface area (Å²) >= 11 is 6.04. The van der Waals surface area contributed by atoms with E-state index in [1.54, 1.807) is 0 Å². The molecule has 0 spiro atoms. The van der Waals surface area contributed by atoms with Crippen molar-refractivity contribution in [3.63, 3.8) is 0 Å². The van der Waals surface area contributed by atoms with E-state index in [0.717, 1.165) is 37.9 Å². The second-order valence-corrected chi connectivity index (χ2v) is 6.61. The van der Waals surface area contributed by atoms with Crippen LogP contribution in [-0.2, 0) is 13.1 Å². The number of benzene rings is 1. The SMILES string of the molecule is Clc1cccc(CNN2C=Cc3cc4nn5c(c4nc3=C2)=CN=CC5)c1. The van der Waals surface area contributed by atoms with Gasteiger partial charge in [-0.2, -0.15) is 5.10 Å². The van der Waals surface area contributed by atoms with Gasteiger partial charge in [-0.15, -0.1) is 0 Å². The number of aromatic nitrogens is 3. The predicted octanol–water partition coefficient (Wildman–Crippen LogP) is 1.64. The zero-order valence-corrected chi connectivity index (χ0v) is 14.6. The maximum atomic E-state index is 6.04. The van der Waals surface area contributed by atoms with E-state index < -0.39 is 0 Å². The molecule has 0 saturated heterocycles. The number of pyridine rings is 1. The Morgan fingerprint density at radius 2 is 2.19 bits per heavy atom. The van der Waals surface area contributed by atoms with E-state index in [2.05, 4.69) is 21.6 Å². The summed E-state index contributed by atoms with van der Waals surface area (Å²) in [5.41, 5.74) is 7.28. The number of nitrogens with zero attached hydrogens (tertiary/aromatic N) is 5. The Labute approximate surface area is 154 Å². The van der Waals surface area contributed by atoms with Crippen LogP contribution < -0.4 is 16.1 Å². The van der Waals surface area contributed by atoms with Crippen LogP contribution in [-0.4, -0.2) is 26.0 Å². The van der Waals surface area contributed by atoms with Gasteiger partial charge < -0.3 is 0 Å². The van der Waals surface area contributed by atoms with Crippen LogP contribution in [0.15, 0.2) is 41.5 Å². The van der Waals surface area contributed by atoms with E-state index >= 15 is 0 Å². The van der Waals surface area contributed by atoms with Gasteiger partial charge in [-0.1, -0.05) is 23.7 Å². The molecule has 1 N–H and O–H groups in total. The van der Waals surface area contributed by atoms with Gasteiger partial charge >= 0.3 is 0 Å². The molecule has 3 aromatic rings. The molecule has 0 saturated carbocycles. The van der Waals surface area contributed by atoms with Crippen LogP contribution in [0.4, 0.5) is 0 Å². The molecular weight excluding hydrogens is 348 g/mol. The Bertz CT molecular complexity index is 1190. The Hall–Kier alpha value is -2.96. The van der Waals surface area contributed by atoms with Crippen LogP contribution in [0, 0.1) is 0 Å². The van der Waals surface area contributed by atoms with Crippen molar-refractivity contribution in [3.05, 3.63) is 63.4 Å². The summed E-state index contributed by atoms with van der Waals surface area (Å²) < 4.78 is 1.93. The second-order valence-electron chi connectivity index (χ2n) is 6.18. The van der Waals surface area contributed by atoms with Crippen molar-refractivity contribution in [1.29, 1.82) is 0 Å². The zero-order chi connectivity index (χ0) is 17.5. The molecule has 6 nitrogen and oxygen atoms in total. The molecule has 0 amide bonds. The fraction of sp³-hybridized carbons (Fsp3) is 0.105. The number of nitrogens with one attached hydrogen (secondary N) is 1. The number of aliphatic imine (C=N–C) groups is 1. The lowest BCUT2D eigenvalue weighted by atomic mass is 10.2. The summed E-state index contributed by atoms with van der Waals surface area (Å²) in [6, 6.07) is 9.88. The first kappa shape index (κ1) is 15.3. The molecule has 0 radical (unpaired) electrons. The van der Waals surface area contributed by atoms with Crippen LogP contribution in [0.3, 0.4) is 0 Å². The fourth-order valence-electron chi connectivity index (χ4n) is 3.12. The third-order valence-corrected chi connectivity index (χ3v) is 4.63. The van der Waals surface area contributed by atoms with E-state index in [-0.39, 0.29) is 0 Å². The third-order valence-electron chi connectivity index (χ3n) is 4.40. The van der Waals surface area contributed by atoms with Crippen LogP contribution in [0.25, 0.3) is 29.5 Å². The molecule has 128 valence electrons. The van der Waals surface area contributed by atoms with Crippen LogP contribution in [0.5, 0.6) is 0 Å². The first-order chi connectivity index (χ1) is 12.8. The zero-order valence-electron chi connectivity index (χ0n) is 13.8. The highest BCUT2D eigenvalue weighted by Crippen LogP contribution is 2.12. The Kier molecular flexibility index (Phi) is 3.58. The highest BCUT2D eigenvalue weighted by Gasteiger charge is 2.12. The molecule has 0 aliphatic carbocycles. The monoisotopic (exact) mass is 362 g/mol. The number of hydrogen-bond acceptors (Lipinski definition) is 5. The van der Waals surface area contributed by atoms with Gasteiger partial charge in [0, 0.05) is 35.7 Å². The van der Waals surface area contributed by atoms with E-state index in [1.807, 2.05) is 64.8 Å². The highest BCUT2D eigenvalue weighted by atomic mass is 35.5. The van der Waals surface area contributed by atoms with Crippen molar-refractivity contribution in [2.24, 2.45) is 4.99 Å². The van der Waals surface area contributed by atoms with Crippen LogP contribution >= 0.6 is 11.6 Å². The Balaban J connectivity index is 1.48. The summed E-state index contributed by atoms with van der Waals surface area (Å²) in [7, 11) is 0. The summed E-state index contributed by atoms with van der Waals surface area (Å²) in [4.78, 5) is 9.04. The lowest BCUT2D eigenvalue weighted by molar-refractivity contribution is 0.393. The maximum Gasteiger partial charge on any atom is 0.118 e. The first-order valence-electron chi connectivity index (χ1n) is 8.32. The maximum absolute atomic E-state index is 6.04. The minimum Gasteiger partial charge on any atom is -0.289 e. The van der Waals surface area contributed by atoms with Crippen LogP contribution in [0.1, 0.15) is 11.1 Å². The third kappa shape index (κ3) is 2.69. The minimum atomic E-state index is 0.671. The van der Waals surface area contributed by atoms with E-state index in [0.29, 0.717) is 13.1 Å². The van der Waals surface area contributed by atoms with Gasteiger partial charge in [-0.05, 0) is 29.8 Å². The Morgan fingerprint density at radius 3 is 3.12 bits per heavy atom. The fourth-order valence-corrected chi connectivity index (χ4v) is 3.33. The standard InChI is InChI=1S/C19H15ClN6/c20-15-3-1-2-13(8-15)10-22-25-6-4-14-9-16-19(23-17(14)12-25)18-11-21-5-7-26(18)24-16/h1-6,8-9,11-12,22H,7,10H2. The average Bonchev–Trinajstić information content (AvgIpc) is 3.02. The number of hydrazine groups is 1. The van der Waals surface area contributed by atoms with E-state index in [1.165, 1.54) is 0 Å². The molecule has 1 aromatic carbocycles. The molecule has 0 bridgehead atoms. The first-order valence-corrected chi connectivity index (χ1v) is 8.70. The van der Waals surface area contributed by atoms with E-state index in [9.17, 15) is 0 Å². The molecule has 2 aromatic heterocycles. The smallest absolute Gasteiger partial charge is 0.118 e. The molecule has 2 aliphatic heterocycles. The van der Waals surface area contributed by atoms with Crippen molar-refractivity contribution in [3.8, 4) is 0 Å². The second kappa shape index (κ2) is 6.09. The van der Waals surface area contributed by atoms with Crippen molar-refractivity contribution in [2.45, 2.75) is 13.1 Å². The average molecular weight is 363 g/mol. The van der Waals surface area contributed by atoms with Crippen molar-refractivity contribution < 1.29 is 0 Å². The number of hydrogen-bond donors (Lipinski definition) is 1. The molecule has 0 unspecified atom stereocenters. The number of halogens is 1. The van der Waals surface area contributed by atoms with Crippen LogP contribution in [0.2, 0.25) is 5.02 Å². The molecule has 2 aliphatic rings. The molecule has 0 fully saturated rings. The van der Waals surface area contributed by atoms with Gasteiger partial charge in [-0.3, -0.25) is 14.7 Å². The minimum absolute atomic E-state index is 0.671. The van der Waals surface area contributed by atoms with Crippen molar-refractivity contribution in [1.82, 2.24) is 25.2 Å². The molecule has 5 rings (SSSR count). The van der Waals surface area contributed by atoms with Gasteiger partial charge in [0.25, 0.3) is 0 Å². The lowest BCUT2D eigenvalue weighted by Gasteiger charge is -2.19. The summed E-state index contributed by atoms with van der Waals surface area (Å²) in [5, 5.41) is 9.11. The number of rotatable bonds is 3. The van der Waals surface area contributed by atoms with Crippen molar-refractivity contribution in [2.75, 3.05) is 0 Å². The van der Waals surface area contributed by atoms with Gasteiger partial charge in [0.05, 0.1) is 18.1 Å². The molecule has 7 heteroatoms. The Morgan fingerprint density at radius 1 is 1.23 bits per heavy atom. The molecule has 0 atom stereocenters. The van der Waals surface area contributed by atoms with E-state index in [4.69, 9.17) is 16.6 Å². The summed E-state index contributed by atoms with van der Waals surface area (Å²) in [5.74, 6) is 0. The molecule has 26 heavy (non-hydrogen) atoms. The van der Waals surface area contributed by atoms with Gasteiger partial charge in [-0.25, -0.2) is 10.4 Å². The summed E-state index contributed by atoms with van der Waals surface area (Å²) in [6.07, 6.45) is 9.64. The normalized spacial score (nSPS) is 14.7. The summed E-state index contributed by atoms with van der Waals surface area (Å²) in [6.45, 7) is 1.35. The lowest BCUT2D eigenvalue weighted by Crippen LogP contribution is -2.33. The van der Waals surface area contributed by atoms with Crippen molar-refractivity contribution >= 4 is 47.3 Å². The molecule has 4 heterocycles. The predicted molar refractivity (Wildman–Crippen MR) is 103 cm³/mol.